The van der Waals surface area contributed by atoms with Crippen molar-refractivity contribution in [1.29, 1.82) is 0 Å². The van der Waals surface area contributed by atoms with Crippen LogP contribution in [0.4, 0.5) is 0 Å². The fourth-order valence-corrected chi connectivity index (χ4v) is 1.14. The van der Waals surface area contributed by atoms with Crippen LogP contribution in [0, 0.1) is 0 Å². The Bertz CT molecular complexity index is 93.7. The molecule has 10 heavy (non-hydrogen) atoms. The van der Waals surface area contributed by atoms with Crippen molar-refractivity contribution < 1.29 is 0 Å². The van der Waals surface area contributed by atoms with E-state index in [1.165, 1.54) is 6.42 Å². The molecule has 0 spiro atoms. The highest BCUT2D eigenvalue weighted by molar-refractivity contribution is 4.56. The molecule has 4 heteroatoms. The average molecular weight is 144 g/mol. The third kappa shape index (κ3) is 1.91. The van der Waals surface area contributed by atoms with Gasteiger partial charge in [-0.15, -0.1) is 5.23 Å². The number of rotatable bonds is 2. The zero-order valence-corrected chi connectivity index (χ0v) is 6.51. The van der Waals surface area contributed by atoms with Gasteiger partial charge in [0.15, 0.2) is 0 Å². The van der Waals surface area contributed by atoms with Gasteiger partial charge < -0.3 is 0 Å². The topological polar surface area (TPSA) is 44.5 Å². The summed E-state index contributed by atoms with van der Waals surface area (Å²) in [6.45, 7) is 5.28. The van der Waals surface area contributed by atoms with Crippen molar-refractivity contribution in [1.82, 2.24) is 15.7 Å². The normalized spacial score (nSPS) is 23.4. The van der Waals surface area contributed by atoms with Gasteiger partial charge in [-0.2, -0.15) is 0 Å². The zero-order chi connectivity index (χ0) is 7.40. The SMILES string of the molecule is CCCN1CCCNN1N. The molecule has 0 aromatic rings. The van der Waals surface area contributed by atoms with Crippen molar-refractivity contribution in [3.63, 3.8) is 0 Å². The number of nitrogens with zero attached hydrogens (tertiary/aromatic N) is 2. The molecule has 1 aliphatic rings. The average Bonchev–Trinajstić information content (AvgIpc) is 1.94. The lowest BCUT2D eigenvalue weighted by Crippen LogP contribution is -2.59. The first-order valence-electron chi connectivity index (χ1n) is 3.87. The van der Waals surface area contributed by atoms with Crippen LogP contribution in [0.1, 0.15) is 19.8 Å². The summed E-state index contributed by atoms with van der Waals surface area (Å²) in [6.07, 6.45) is 2.34. The van der Waals surface area contributed by atoms with E-state index in [-0.39, 0.29) is 0 Å². The maximum Gasteiger partial charge on any atom is 0.0173 e. The highest BCUT2D eigenvalue weighted by Gasteiger charge is 2.13. The number of nitrogens with two attached hydrogens (primary N) is 1. The lowest BCUT2D eigenvalue weighted by molar-refractivity contribution is -0.0958. The molecule has 0 saturated carbocycles. The van der Waals surface area contributed by atoms with Gasteiger partial charge in [0.05, 0.1) is 0 Å². The van der Waals surface area contributed by atoms with Crippen LogP contribution >= 0.6 is 0 Å². The maximum atomic E-state index is 5.61. The summed E-state index contributed by atoms with van der Waals surface area (Å²) < 4.78 is 0. The number of hydrazine groups is 3. The van der Waals surface area contributed by atoms with Crippen LogP contribution in [0.15, 0.2) is 0 Å². The Morgan fingerprint density at radius 3 is 3.00 bits per heavy atom. The molecule has 1 aliphatic heterocycles. The van der Waals surface area contributed by atoms with Gasteiger partial charge >= 0.3 is 0 Å². The standard InChI is InChI=1S/C6H16N4/c1-2-5-9-6-3-4-8-10(9)7/h8H,2-7H2,1H3. The number of hydrogen-bond donors (Lipinski definition) is 2. The van der Waals surface area contributed by atoms with Crippen molar-refractivity contribution in [2.45, 2.75) is 19.8 Å². The summed E-state index contributed by atoms with van der Waals surface area (Å²) in [5.74, 6) is 5.61. The molecule has 1 fully saturated rings. The Kier molecular flexibility index (Phi) is 3.08. The minimum absolute atomic E-state index is 0.997. The second kappa shape index (κ2) is 3.88. The minimum Gasteiger partial charge on any atom is -0.240 e. The molecule has 1 saturated heterocycles. The molecular formula is C6H16N4. The zero-order valence-electron chi connectivity index (χ0n) is 6.51. The Morgan fingerprint density at radius 1 is 1.60 bits per heavy atom. The van der Waals surface area contributed by atoms with Gasteiger partial charge in [0.2, 0.25) is 0 Å². The molecule has 4 nitrogen and oxygen atoms in total. The molecule has 0 aliphatic carbocycles. The van der Waals surface area contributed by atoms with Crippen molar-refractivity contribution in [3.05, 3.63) is 0 Å². The van der Waals surface area contributed by atoms with Crippen molar-refractivity contribution in [3.8, 4) is 0 Å². The van der Waals surface area contributed by atoms with E-state index >= 15 is 0 Å². The molecule has 0 radical (unpaired) electrons. The van der Waals surface area contributed by atoms with Gasteiger partial charge in [-0.1, -0.05) is 6.92 Å². The van der Waals surface area contributed by atoms with Crippen LogP contribution in [0.3, 0.4) is 0 Å². The molecule has 0 unspecified atom stereocenters. The van der Waals surface area contributed by atoms with Crippen molar-refractivity contribution in [2.75, 3.05) is 19.6 Å². The monoisotopic (exact) mass is 144 g/mol. The van der Waals surface area contributed by atoms with Gasteiger partial charge in [-0.3, -0.25) is 0 Å². The van der Waals surface area contributed by atoms with Gasteiger partial charge in [-0.25, -0.2) is 16.3 Å². The second-order valence-electron chi connectivity index (χ2n) is 2.56. The molecule has 3 N–H and O–H groups in total. The van der Waals surface area contributed by atoms with E-state index in [1.807, 2.05) is 0 Å². The van der Waals surface area contributed by atoms with Crippen molar-refractivity contribution >= 4 is 0 Å². The van der Waals surface area contributed by atoms with Crippen LogP contribution in [0.5, 0.6) is 0 Å². The van der Waals surface area contributed by atoms with Crippen LogP contribution in [0.2, 0.25) is 0 Å². The predicted molar refractivity (Wildman–Crippen MR) is 40.5 cm³/mol. The van der Waals surface area contributed by atoms with E-state index in [4.69, 9.17) is 5.84 Å². The van der Waals surface area contributed by atoms with Crippen LogP contribution in [-0.4, -0.2) is 29.9 Å². The van der Waals surface area contributed by atoms with Crippen molar-refractivity contribution in [2.24, 2.45) is 5.84 Å². The third-order valence-electron chi connectivity index (χ3n) is 1.65. The van der Waals surface area contributed by atoms with E-state index < -0.39 is 0 Å². The summed E-state index contributed by atoms with van der Waals surface area (Å²) in [4.78, 5) is 0. The second-order valence-corrected chi connectivity index (χ2v) is 2.56. The Hall–Kier alpha value is -0.160. The highest BCUT2D eigenvalue weighted by Crippen LogP contribution is 1.98. The lowest BCUT2D eigenvalue weighted by atomic mass is 10.3. The molecule has 1 heterocycles. The largest absolute Gasteiger partial charge is 0.240 e. The third-order valence-corrected chi connectivity index (χ3v) is 1.65. The first-order valence-corrected chi connectivity index (χ1v) is 3.87. The molecule has 0 atom stereocenters. The molecule has 0 amide bonds. The van der Waals surface area contributed by atoms with Crippen LogP contribution < -0.4 is 11.3 Å². The summed E-state index contributed by atoms with van der Waals surface area (Å²) in [6, 6.07) is 0. The van der Waals surface area contributed by atoms with Gasteiger partial charge in [0.1, 0.15) is 0 Å². The highest BCUT2D eigenvalue weighted by atomic mass is 15.9. The Labute approximate surface area is 61.9 Å². The fourth-order valence-electron chi connectivity index (χ4n) is 1.14. The molecule has 0 bridgehead atoms. The summed E-state index contributed by atoms with van der Waals surface area (Å²) >= 11 is 0. The summed E-state index contributed by atoms with van der Waals surface area (Å²) in [5.41, 5.74) is 3.05. The van der Waals surface area contributed by atoms with E-state index in [0.29, 0.717) is 0 Å². The summed E-state index contributed by atoms with van der Waals surface area (Å²) in [7, 11) is 0. The van der Waals surface area contributed by atoms with Gasteiger partial charge in [0.25, 0.3) is 0 Å². The number of nitrogens with one attached hydrogen (secondary N) is 1. The molecule has 1 rings (SSSR count). The van der Waals surface area contributed by atoms with E-state index in [9.17, 15) is 0 Å². The quantitative estimate of drug-likeness (QED) is 0.522. The van der Waals surface area contributed by atoms with Gasteiger partial charge in [-0.05, 0) is 12.8 Å². The first-order chi connectivity index (χ1) is 4.84. The van der Waals surface area contributed by atoms with Crippen LogP contribution in [-0.2, 0) is 0 Å². The Balaban J connectivity index is 2.25. The first kappa shape index (κ1) is 7.94. The van der Waals surface area contributed by atoms with E-state index in [1.54, 1.807) is 5.23 Å². The lowest BCUT2D eigenvalue weighted by Gasteiger charge is -2.35. The molecule has 0 aromatic heterocycles. The minimum atomic E-state index is 0.997. The maximum absolute atomic E-state index is 5.61. The van der Waals surface area contributed by atoms with Gasteiger partial charge in [0, 0.05) is 19.6 Å². The Morgan fingerprint density at radius 2 is 2.40 bits per heavy atom. The fraction of sp³-hybridized carbons (Fsp3) is 1.00. The predicted octanol–water partition coefficient (Wildman–Crippen LogP) is -0.303. The number of hydrogen-bond acceptors (Lipinski definition) is 4. The molecular weight excluding hydrogens is 128 g/mol. The van der Waals surface area contributed by atoms with E-state index in [2.05, 4.69) is 17.4 Å². The van der Waals surface area contributed by atoms with E-state index in [0.717, 1.165) is 26.1 Å². The smallest absolute Gasteiger partial charge is 0.0173 e. The summed E-state index contributed by atoms with van der Waals surface area (Å²) in [5, 5.41) is 3.72. The van der Waals surface area contributed by atoms with Crippen LogP contribution in [0.25, 0.3) is 0 Å². The molecule has 0 aromatic carbocycles. The molecule has 60 valence electrons.